The number of carbonyl (C=O) groups is 1. The number of nitrogens with one attached hydrogen (secondary N) is 1. The Morgan fingerprint density at radius 1 is 1.07 bits per heavy atom. The molecule has 0 aliphatic carbocycles. The number of anilines is 1. The van der Waals surface area contributed by atoms with Crippen LogP contribution in [0.4, 0.5) is 9.52 Å². The van der Waals surface area contributed by atoms with E-state index in [0.29, 0.717) is 17.2 Å². The van der Waals surface area contributed by atoms with Crippen molar-refractivity contribution in [2.24, 2.45) is 0 Å². The fraction of sp³-hybridized carbons (Fsp3) is 0.300. The summed E-state index contributed by atoms with van der Waals surface area (Å²) in [5.41, 5.74) is 1.89. The van der Waals surface area contributed by atoms with Crippen molar-refractivity contribution in [3.05, 3.63) is 59.9 Å². The van der Waals surface area contributed by atoms with Gasteiger partial charge in [0.1, 0.15) is 5.82 Å². The number of piperazine rings is 1. The Labute approximate surface area is 161 Å². The summed E-state index contributed by atoms with van der Waals surface area (Å²) in [6.45, 7) is 4.93. The average molecular weight is 384 g/mol. The van der Waals surface area contributed by atoms with Gasteiger partial charge in [-0.1, -0.05) is 41.7 Å². The second-order valence-electron chi connectivity index (χ2n) is 6.72. The summed E-state index contributed by atoms with van der Waals surface area (Å²) in [5.74, 6) is -0.398. The van der Waals surface area contributed by atoms with E-state index >= 15 is 0 Å². The van der Waals surface area contributed by atoms with Crippen molar-refractivity contribution in [2.45, 2.75) is 6.54 Å². The monoisotopic (exact) mass is 384 g/mol. The lowest BCUT2D eigenvalue weighted by Gasteiger charge is -2.34. The number of hydrogen-bond acceptors (Lipinski definition) is 5. The van der Waals surface area contributed by atoms with Crippen LogP contribution in [0.15, 0.2) is 48.5 Å². The van der Waals surface area contributed by atoms with Gasteiger partial charge in [-0.25, -0.2) is 9.37 Å². The minimum atomic E-state index is -0.320. The van der Waals surface area contributed by atoms with Gasteiger partial charge in [0, 0.05) is 38.8 Å². The van der Waals surface area contributed by atoms with Crippen LogP contribution in [0, 0.1) is 5.82 Å². The molecule has 5 nitrogen and oxygen atoms in total. The highest BCUT2D eigenvalue weighted by Crippen LogP contribution is 2.26. The van der Waals surface area contributed by atoms with E-state index in [4.69, 9.17) is 0 Å². The van der Waals surface area contributed by atoms with E-state index in [1.807, 2.05) is 6.07 Å². The summed E-state index contributed by atoms with van der Waals surface area (Å²) in [4.78, 5) is 21.2. The fourth-order valence-electron chi connectivity index (χ4n) is 3.26. The van der Waals surface area contributed by atoms with Gasteiger partial charge in [-0.2, -0.15) is 0 Å². The number of aromatic nitrogens is 1. The van der Waals surface area contributed by atoms with E-state index in [-0.39, 0.29) is 11.7 Å². The Morgan fingerprint density at radius 2 is 1.81 bits per heavy atom. The number of amides is 1. The number of rotatable bonds is 5. The highest BCUT2D eigenvalue weighted by molar-refractivity contribution is 7.22. The number of hydrogen-bond donors (Lipinski definition) is 1. The number of nitrogens with zero attached hydrogens (tertiary/aromatic N) is 3. The largest absolute Gasteiger partial charge is 0.301 e. The SMILES string of the molecule is O=C(CN1CCN(Cc2ccccc2)CC1)Nc1nc2cc(F)ccc2s1. The molecule has 0 saturated carbocycles. The minimum Gasteiger partial charge on any atom is -0.301 e. The molecule has 1 aromatic heterocycles. The summed E-state index contributed by atoms with van der Waals surface area (Å²) in [6, 6.07) is 14.9. The molecule has 0 bridgehead atoms. The number of thiazole rings is 1. The first-order chi connectivity index (χ1) is 13.2. The third-order valence-electron chi connectivity index (χ3n) is 4.68. The molecule has 0 spiro atoms. The second kappa shape index (κ2) is 8.12. The van der Waals surface area contributed by atoms with Gasteiger partial charge >= 0.3 is 0 Å². The van der Waals surface area contributed by atoms with Crippen molar-refractivity contribution in [1.29, 1.82) is 0 Å². The zero-order chi connectivity index (χ0) is 18.6. The number of carbonyl (C=O) groups excluding carboxylic acids is 1. The average Bonchev–Trinajstić information content (AvgIpc) is 3.05. The van der Waals surface area contributed by atoms with Crippen LogP contribution in [-0.4, -0.2) is 53.4 Å². The van der Waals surface area contributed by atoms with Crippen LogP contribution in [0.2, 0.25) is 0 Å². The van der Waals surface area contributed by atoms with E-state index in [0.717, 1.165) is 37.4 Å². The number of benzene rings is 2. The molecule has 3 aromatic rings. The zero-order valence-corrected chi connectivity index (χ0v) is 15.7. The number of halogens is 1. The van der Waals surface area contributed by atoms with Crippen LogP contribution in [0.25, 0.3) is 10.2 Å². The molecular formula is C20H21FN4OS. The lowest BCUT2D eigenvalue weighted by atomic mass is 10.2. The molecule has 27 heavy (non-hydrogen) atoms. The van der Waals surface area contributed by atoms with Crippen LogP contribution in [0.1, 0.15) is 5.56 Å². The van der Waals surface area contributed by atoms with Crippen LogP contribution >= 0.6 is 11.3 Å². The summed E-state index contributed by atoms with van der Waals surface area (Å²) in [5, 5.41) is 3.36. The molecule has 1 saturated heterocycles. The van der Waals surface area contributed by atoms with Crippen LogP contribution in [0.5, 0.6) is 0 Å². The Balaban J connectivity index is 1.26. The van der Waals surface area contributed by atoms with Crippen LogP contribution in [0.3, 0.4) is 0 Å². The molecule has 7 heteroatoms. The Hall–Kier alpha value is -2.35. The van der Waals surface area contributed by atoms with Gasteiger partial charge < -0.3 is 5.32 Å². The van der Waals surface area contributed by atoms with Gasteiger partial charge in [0.25, 0.3) is 0 Å². The maximum atomic E-state index is 13.3. The zero-order valence-electron chi connectivity index (χ0n) is 14.9. The van der Waals surface area contributed by atoms with E-state index < -0.39 is 0 Å². The van der Waals surface area contributed by atoms with Crippen molar-refractivity contribution >= 4 is 32.6 Å². The van der Waals surface area contributed by atoms with Gasteiger partial charge in [-0.3, -0.25) is 14.6 Å². The maximum absolute atomic E-state index is 13.3. The predicted octanol–water partition coefficient (Wildman–Crippen LogP) is 3.19. The lowest BCUT2D eigenvalue weighted by Crippen LogP contribution is -2.48. The normalized spacial score (nSPS) is 15.9. The van der Waals surface area contributed by atoms with Crippen LogP contribution < -0.4 is 5.32 Å². The molecule has 0 atom stereocenters. The van der Waals surface area contributed by atoms with E-state index in [2.05, 4.69) is 44.4 Å². The number of fused-ring (bicyclic) bond motifs is 1. The van der Waals surface area contributed by atoms with Crippen LogP contribution in [-0.2, 0) is 11.3 Å². The molecule has 0 unspecified atom stereocenters. The second-order valence-corrected chi connectivity index (χ2v) is 7.75. The van der Waals surface area contributed by atoms with Gasteiger partial charge in [-0.05, 0) is 17.7 Å². The molecule has 2 aromatic carbocycles. The summed E-state index contributed by atoms with van der Waals surface area (Å²) < 4.78 is 14.1. The smallest absolute Gasteiger partial charge is 0.240 e. The molecule has 1 fully saturated rings. The van der Waals surface area contributed by atoms with Gasteiger partial charge in [0.05, 0.1) is 16.8 Å². The summed E-state index contributed by atoms with van der Waals surface area (Å²) >= 11 is 1.36. The van der Waals surface area contributed by atoms with Crippen molar-refractivity contribution in [1.82, 2.24) is 14.8 Å². The van der Waals surface area contributed by atoms with E-state index in [9.17, 15) is 9.18 Å². The summed E-state index contributed by atoms with van der Waals surface area (Å²) in [7, 11) is 0. The van der Waals surface area contributed by atoms with Crippen molar-refractivity contribution in [2.75, 3.05) is 38.0 Å². The molecule has 0 radical (unpaired) electrons. The highest BCUT2D eigenvalue weighted by Gasteiger charge is 2.19. The van der Waals surface area contributed by atoms with Crippen molar-refractivity contribution < 1.29 is 9.18 Å². The Morgan fingerprint density at radius 3 is 2.59 bits per heavy atom. The lowest BCUT2D eigenvalue weighted by molar-refractivity contribution is -0.117. The first-order valence-electron chi connectivity index (χ1n) is 9.00. The third kappa shape index (κ3) is 4.68. The van der Waals surface area contributed by atoms with Gasteiger partial charge in [0.15, 0.2) is 5.13 Å². The molecule has 1 N–H and O–H groups in total. The third-order valence-corrected chi connectivity index (χ3v) is 5.63. The molecular weight excluding hydrogens is 363 g/mol. The van der Waals surface area contributed by atoms with Crippen molar-refractivity contribution in [3.63, 3.8) is 0 Å². The topological polar surface area (TPSA) is 48.5 Å². The molecule has 4 rings (SSSR count). The van der Waals surface area contributed by atoms with Gasteiger partial charge in [0.2, 0.25) is 5.91 Å². The molecule has 1 aliphatic heterocycles. The first kappa shape index (κ1) is 18.0. The Bertz CT molecular complexity index is 922. The van der Waals surface area contributed by atoms with Crippen molar-refractivity contribution in [3.8, 4) is 0 Å². The van der Waals surface area contributed by atoms with Gasteiger partial charge in [-0.15, -0.1) is 0 Å². The Kier molecular flexibility index (Phi) is 5.42. The minimum absolute atomic E-state index is 0.0777. The maximum Gasteiger partial charge on any atom is 0.240 e. The molecule has 1 aliphatic rings. The quantitative estimate of drug-likeness (QED) is 0.734. The molecule has 2 heterocycles. The first-order valence-corrected chi connectivity index (χ1v) is 9.82. The van der Waals surface area contributed by atoms with E-state index in [1.165, 1.54) is 29.0 Å². The fourth-order valence-corrected chi connectivity index (χ4v) is 4.13. The highest BCUT2D eigenvalue weighted by atomic mass is 32.1. The van der Waals surface area contributed by atoms with E-state index in [1.54, 1.807) is 6.07 Å². The molecule has 1 amide bonds. The predicted molar refractivity (Wildman–Crippen MR) is 106 cm³/mol. The standard InChI is InChI=1S/C20H21FN4OS/c21-16-6-7-18-17(12-16)22-20(27-18)23-19(26)14-25-10-8-24(9-11-25)13-15-4-2-1-3-5-15/h1-7,12H,8-11,13-14H2,(H,22,23,26). The summed E-state index contributed by atoms with van der Waals surface area (Å²) in [6.07, 6.45) is 0. The molecule has 140 valence electrons.